The van der Waals surface area contributed by atoms with Crippen LogP contribution in [0.25, 0.3) is 0 Å². The van der Waals surface area contributed by atoms with E-state index in [-0.39, 0.29) is 30.1 Å². The van der Waals surface area contributed by atoms with Gasteiger partial charge in [-0.2, -0.15) is 0 Å². The number of nitrogens with one attached hydrogen (secondary N) is 3. The first kappa shape index (κ1) is 22.3. The molecule has 4 rings (SSSR count). The predicted molar refractivity (Wildman–Crippen MR) is 129 cm³/mol. The standard InChI is InChI=1S/C27H27N3O3/c1-18-10-12-19(13-11-18)17-28-27(33)22-7-3-5-9-24(22)29-25(31)15-14-21-16-20-6-2-4-8-23(20)30-26(21)32/h2-13,21H,14-17H2,1H3,(H,28,33)(H,29,31)(H,30,32). The Bertz CT molecular complexity index is 1170. The summed E-state index contributed by atoms with van der Waals surface area (Å²) < 4.78 is 0. The Kier molecular flexibility index (Phi) is 6.83. The van der Waals surface area contributed by atoms with Gasteiger partial charge in [-0.25, -0.2) is 0 Å². The molecule has 33 heavy (non-hydrogen) atoms. The number of anilines is 2. The highest BCUT2D eigenvalue weighted by atomic mass is 16.2. The van der Waals surface area contributed by atoms with Gasteiger partial charge in [0.25, 0.3) is 5.91 Å². The third-order valence-electron chi connectivity index (χ3n) is 5.85. The van der Waals surface area contributed by atoms with Gasteiger partial charge in [-0.1, -0.05) is 60.2 Å². The highest BCUT2D eigenvalue weighted by Gasteiger charge is 2.26. The van der Waals surface area contributed by atoms with Crippen LogP contribution in [0.2, 0.25) is 0 Å². The van der Waals surface area contributed by atoms with E-state index in [0.717, 1.165) is 22.4 Å². The largest absolute Gasteiger partial charge is 0.348 e. The summed E-state index contributed by atoms with van der Waals surface area (Å²) >= 11 is 0. The molecule has 0 radical (unpaired) electrons. The van der Waals surface area contributed by atoms with Crippen molar-refractivity contribution in [1.82, 2.24) is 5.32 Å². The van der Waals surface area contributed by atoms with Gasteiger partial charge in [0.2, 0.25) is 11.8 Å². The fourth-order valence-electron chi connectivity index (χ4n) is 3.94. The second kappa shape index (κ2) is 10.1. The molecule has 3 N–H and O–H groups in total. The van der Waals surface area contributed by atoms with Crippen molar-refractivity contribution in [3.8, 4) is 0 Å². The smallest absolute Gasteiger partial charge is 0.253 e. The minimum Gasteiger partial charge on any atom is -0.348 e. The molecule has 3 aromatic rings. The highest BCUT2D eigenvalue weighted by molar-refractivity contribution is 6.04. The van der Waals surface area contributed by atoms with E-state index in [1.165, 1.54) is 0 Å². The van der Waals surface area contributed by atoms with Crippen LogP contribution in [0.4, 0.5) is 11.4 Å². The number of hydrogen-bond acceptors (Lipinski definition) is 3. The van der Waals surface area contributed by atoms with E-state index in [1.54, 1.807) is 24.3 Å². The van der Waals surface area contributed by atoms with E-state index in [1.807, 2.05) is 55.5 Å². The number of benzene rings is 3. The van der Waals surface area contributed by atoms with Crippen molar-refractivity contribution in [2.75, 3.05) is 10.6 Å². The topological polar surface area (TPSA) is 87.3 Å². The molecule has 1 heterocycles. The molecule has 0 spiro atoms. The molecule has 0 aliphatic carbocycles. The molecule has 0 bridgehead atoms. The number of rotatable bonds is 7. The quantitative estimate of drug-likeness (QED) is 0.506. The van der Waals surface area contributed by atoms with Gasteiger partial charge in [0.05, 0.1) is 11.3 Å². The Labute approximate surface area is 193 Å². The molecule has 0 saturated heterocycles. The predicted octanol–water partition coefficient (Wildman–Crippen LogP) is 4.45. The van der Waals surface area contributed by atoms with E-state index in [9.17, 15) is 14.4 Å². The lowest BCUT2D eigenvalue weighted by Gasteiger charge is -2.24. The van der Waals surface area contributed by atoms with Crippen LogP contribution in [0.15, 0.2) is 72.8 Å². The zero-order chi connectivity index (χ0) is 23.2. The van der Waals surface area contributed by atoms with Crippen LogP contribution in [-0.4, -0.2) is 17.7 Å². The summed E-state index contributed by atoms with van der Waals surface area (Å²) in [5.41, 5.74) is 4.95. The number of aryl methyl sites for hydroxylation is 1. The normalized spacial score (nSPS) is 14.7. The Morgan fingerprint density at radius 1 is 0.970 bits per heavy atom. The zero-order valence-electron chi connectivity index (χ0n) is 18.6. The van der Waals surface area contributed by atoms with Crippen LogP contribution in [0.3, 0.4) is 0 Å². The third kappa shape index (κ3) is 5.66. The minimum absolute atomic E-state index is 0.0580. The molecular formula is C27H27N3O3. The fourth-order valence-corrected chi connectivity index (χ4v) is 3.94. The molecule has 168 valence electrons. The Balaban J connectivity index is 1.33. The Morgan fingerprint density at radius 3 is 2.52 bits per heavy atom. The van der Waals surface area contributed by atoms with Gasteiger partial charge < -0.3 is 16.0 Å². The molecular weight excluding hydrogens is 414 g/mol. The summed E-state index contributed by atoms with van der Waals surface area (Å²) in [4.78, 5) is 37.7. The molecule has 0 fully saturated rings. The fraction of sp³-hybridized carbons (Fsp3) is 0.222. The lowest BCUT2D eigenvalue weighted by Crippen LogP contribution is -2.30. The van der Waals surface area contributed by atoms with E-state index >= 15 is 0 Å². The van der Waals surface area contributed by atoms with Crippen molar-refractivity contribution < 1.29 is 14.4 Å². The monoisotopic (exact) mass is 441 g/mol. The molecule has 3 aromatic carbocycles. The first-order valence-corrected chi connectivity index (χ1v) is 11.1. The van der Waals surface area contributed by atoms with E-state index in [0.29, 0.717) is 30.6 Å². The van der Waals surface area contributed by atoms with Crippen LogP contribution in [0.5, 0.6) is 0 Å². The minimum atomic E-state index is -0.255. The summed E-state index contributed by atoms with van der Waals surface area (Å²) in [6.45, 7) is 2.42. The maximum absolute atomic E-state index is 12.7. The molecule has 1 aliphatic rings. The van der Waals surface area contributed by atoms with Crippen LogP contribution in [-0.2, 0) is 22.6 Å². The van der Waals surface area contributed by atoms with Gasteiger partial charge in [-0.15, -0.1) is 0 Å². The van der Waals surface area contributed by atoms with E-state index in [2.05, 4.69) is 16.0 Å². The van der Waals surface area contributed by atoms with Crippen molar-refractivity contribution in [3.63, 3.8) is 0 Å². The van der Waals surface area contributed by atoms with Crippen LogP contribution < -0.4 is 16.0 Å². The third-order valence-corrected chi connectivity index (χ3v) is 5.85. The number of amides is 3. The number of carbonyl (C=O) groups is 3. The molecule has 3 amide bonds. The van der Waals surface area contributed by atoms with Crippen molar-refractivity contribution in [1.29, 1.82) is 0 Å². The summed E-state index contributed by atoms with van der Waals surface area (Å²) in [5.74, 6) is -0.786. The lowest BCUT2D eigenvalue weighted by atomic mass is 9.89. The van der Waals surface area contributed by atoms with Crippen LogP contribution in [0.1, 0.15) is 39.9 Å². The van der Waals surface area contributed by atoms with Gasteiger partial charge in [-0.3, -0.25) is 14.4 Å². The van der Waals surface area contributed by atoms with Crippen molar-refractivity contribution in [3.05, 3.63) is 95.1 Å². The molecule has 1 unspecified atom stereocenters. The van der Waals surface area contributed by atoms with Gasteiger partial charge in [-0.05, 0) is 49.1 Å². The SMILES string of the molecule is Cc1ccc(CNC(=O)c2ccccc2NC(=O)CCC2Cc3ccccc3NC2=O)cc1. The number of carbonyl (C=O) groups excluding carboxylic acids is 3. The molecule has 1 atom stereocenters. The second-order valence-electron chi connectivity index (χ2n) is 8.35. The highest BCUT2D eigenvalue weighted by Crippen LogP contribution is 2.27. The first-order chi connectivity index (χ1) is 16.0. The van der Waals surface area contributed by atoms with Crippen LogP contribution in [0, 0.1) is 12.8 Å². The van der Waals surface area contributed by atoms with E-state index in [4.69, 9.17) is 0 Å². The Morgan fingerprint density at radius 2 is 1.70 bits per heavy atom. The van der Waals surface area contributed by atoms with Crippen molar-refractivity contribution >= 4 is 29.1 Å². The second-order valence-corrected chi connectivity index (χ2v) is 8.35. The molecule has 0 aromatic heterocycles. The van der Waals surface area contributed by atoms with Crippen LogP contribution >= 0.6 is 0 Å². The molecule has 6 nitrogen and oxygen atoms in total. The summed E-state index contributed by atoms with van der Waals surface area (Å²) in [6.07, 6.45) is 1.25. The average molecular weight is 442 g/mol. The molecule has 6 heteroatoms. The molecule has 1 aliphatic heterocycles. The summed E-state index contributed by atoms with van der Waals surface area (Å²) in [6, 6.07) is 22.6. The number of hydrogen-bond donors (Lipinski definition) is 3. The Hall–Kier alpha value is -3.93. The first-order valence-electron chi connectivity index (χ1n) is 11.1. The average Bonchev–Trinajstić information content (AvgIpc) is 2.82. The van der Waals surface area contributed by atoms with Gasteiger partial charge in [0, 0.05) is 24.6 Å². The van der Waals surface area contributed by atoms with Gasteiger partial charge in [0.15, 0.2) is 0 Å². The maximum Gasteiger partial charge on any atom is 0.253 e. The number of para-hydroxylation sites is 2. The summed E-state index contributed by atoms with van der Waals surface area (Å²) in [5, 5.41) is 8.66. The summed E-state index contributed by atoms with van der Waals surface area (Å²) in [7, 11) is 0. The number of fused-ring (bicyclic) bond motifs is 1. The zero-order valence-corrected chi connectivity index (χ0v) is 18.6. The van der Waals surface area contributed by atoms with Crippen molar-refractivity contribution in [2.24, 2.45) is 5.92 Å². The molecule has 0 saturated carbocycles. The maximum atomic E-state index is 12.7. The van der Waals surface area contributed by atoms with E-state index < -0.39 is 0 Å². The van der Waals surface area contributed by atoms with Gasteiger partial charge in [0.1, 0.15) is 0 Å². The lowest BCUT2D eigenvalue weighted by molar-refractivity contribution is -0.121. The van der Waals surface area contributed by atoms with Crippen molar-refractivity contribution in [2.45, 2.75) is 32.7 Å². The van der Waals surface area contributed by atoms with Gasteiger partial charge >= 0.3 is 0 Å².